The number of nitrogens with zero attached hydrogens (tertiary/aromatic N) is 2. The van der Waals surface area contributed by atoms with E-state index < -0.39 is 50.8 Å². The molecule has 11 heteroatoms. The van der Waals surface area contributed by atoms with Crippen molar-refractivity contribution in [1.82, 2.24) is 15.2 Å². The lowest BCUT2D eigenvalue weighted by Gasteiger charge is -2.51. The van der Waals surface area contributed by atoms with Crippen LogP contribution in [0.5, 0.6) is 0 Å². The summed E-state index contributed by atoms with van der Waals surface area (Å²) in [4.78, 5) is 31.4. The number of alkyl halides is 3. The highest BCUT2D eigenvalue weighted by Gasteiger charge is 2.64. The molecule has 0 saturated heterocycles. The van der Waals surface area contributed by atoms with E-state index in [2.05, 4.69) is 10.3 Å². The van der Waals surface area contributed by atoms with Crippen LogP contribution < -0.4 is 5.32 Å². The Morgan fingerprint density at radius 2 is 1.71 bits per heavy atom. The minimum Gasteiger partial charge on any atom is -0.359 e. The number of hydrogen-bond donors (Lipinski definition) is 1. The van der Waals surface area contributed by atoms with Gasteiger partial charge in [0.15, 0.2) is 15.6 Å². The first kappa shape index (κ1) is 26.4. The quantitative estimate of drug-likeness (QED) is 0.600. The molecule has 188 valence electrons. The number of carbonyl (C=O) groups excluding carboxylic acids is 2. The summed E-state index contributed by atoms with van der Waals surface area (Å²) >= 11 is 0. The third-order valence-corrected chi connectivity index (χ3v) is 7.24. The Labute approximate surface area is 202 Å². The van der Waals surface area contributed by atoms with Gasteiger partial charge in [-0.25, -0.2) is 8.42 Å². The monoisotopic (exact) mass is 509 g/mol. The average molecular weight is 510 g/mol. The van der Waals surface area contributed by atoms with Crippen molar-refractivity contribution in [2.75, 3.05) is 6.26 Å². The summed E-state index contributed by atoms with van der Waals surface area (Å²) in [7, 11) is -3.39. The third-order valence-electron chi connectivity index (χ3n) is 6.11. The highest BCUT2D eigenvalue weighted by Crippen LogP contribution is 2.50. The molecule has 1 aromatic carbocycles. The summed E-state index contributed by atoms with van der Waals surface area (Å²) in [5, 5.41) is 2.56. The van der Waals surface area contributed by atoms with Crippen LogP contribution in [-0.2, 0) is 26.0 Å². The van der Waals surface area contributed by atoms with Crippen molar-refractivity contribution in [3.05, 3.63) is 71.7 Å². The van der Waals surface area contributed by atoms with Gasteiger partial charge < -0.3 is 10.2 Å². The third kappa shape index (κ3) is 5.09. The second-order valence-corrected chi connectivity index (χ2v) is 10.9. The van der Waals surface area contributed by atoms with E-state index in [0.717, 1.165) is 24.3 Å². The first-order chi connectivity index (χ1) is 16.2. The molecule has 7 nitrogen and oxygen atoms in total. The number of nitrogens with one attached hydrogen (secondary N) is 1. The van der Waals surface area contributed by atoms with Crippen LogP contribution in [0, 0.1) is 0 Å². The van der Waals surface area contributed by atoms with Gasteiger partial charge >= 0.3 is 6.18 Å². The number of Topliss-reactive ketones (excluding diaryl/α,β-unsaturated/α-hetero) is 1. The summed E-state index contributed by atoms with van der Waals surface area (Å²) in [5.41, 5.74) is -2.33. The summed E-state index contributed by atoms with van der Waals surface area (Å²) in [6.07, 6.45) is -0.130. The van der Waals surface area contributed by atoms with Gasteiger partial charge in [-0.15, -0.1) is 0 Å². The molecule has 2 heterocycles. The van der Waals surface area contributed by atoms with Gasteiger partial charge in [0.2, 0.25) is 0 Å². The predicted octanol–water partition coefficient (Wildman–Crippen LogP) is 3.38. The molecule has 0 saturated carbocycles. The maximum atomic E-state index is 14.5. The number of pyridine rings is 1. The minimum atomic E-state index is -4.79. The van der Waals surface area contributed by atoms with Crippen LogP contribution in [0.2, 0.25) is 0 Å². The largest absolute Gasteiger partial charge is 0.412 e. The van der Waals surface area contributed by atoms with Gasteiger partial charge in [-0.05, 0) is 56.2 Å². The van der Waals surface area contributed by atoms with Crippen LogP contribution in [0.3, 0.4) is 0 Å². The maximum Gasteiger partial charge on any atom is 0.412 e. The molecule has 1 aliphatic heterocycles. The van der Waals surface area contributed by atoms with Crippen molar-refractivity contribution in [2.45, 2.75) is 55.9 Å². The fourth-order valence-corrected chi connectivity index (χ4v) is 4.86. The Morgan fingerprint density at radius 3 is 2.20 bits per heavy atom. The summed E-state index contributed by atoms with van der Waals surface area (Å²) < 4.78 is 66.6. The number of rotatable bonds is 6. The number of ketones is 1. The summed E-state index contributed by atoms with van der Waals surface area (Å²) in [6, 6.07) is 7.80. The Hall–Kier alpha value is -3.21. The zero-order valence-electron chi connectivity index (χ0n) is 19.6. The van der Waals surface area contributed by atoms with Gasteiger partial charge in [0, 0.05) is 37.4 Å². The van der Waals surface area contributed by atoms with Gasteiger partial charge in [-0.2, -0.15) is 13.2 Å². The van der Waals surface area contributed by atoms with Crippen LogP contribution in [0.1, 0.15) is 37.8 Å². The van der Waals surface area contributed by atoms with Crippen LogP contribution in [0.15, 0.2) is 65.5 Å². The van der Waals surface area contributed by atoms with E-state index in [9.17, 15) is 31.2 Å². The number of benzene rings is 1. The molecule has 1 amide bonds. The second kappa shape index (κ2) is 9.44. The van der Waals surface area contributed by atoms with Crippen LogP contribution in [-0.4, -0.2) is 54.0 Å². The highest BCUT2D eigenvalue weighted by atomic mass is 32.2. The number of halogens is 3. The first-order valence-corrected chi connectivity index (χ1v) is 12.7. The standard InChI is InChI=1S/C24H26F3N3O4S/c1-15(2)30-14-19(22(32)29-13-16-5-7-18(8-6-16)35(4,33)34)21(31)20(17-9-11-28-12-10-17)23(30,3)24(25,26)27/h5-12,14-15,20H,13H2,1-4H3,(H,29,32). The van der Waals surface area contributed by atoms with E-state index in [-0.39, 0.29) is 17.0 Å². The molecule has 0 radical (unpaired) electrons. The number of sulfone groups is 1. The maximum absolute atomic E-state index is 14.5. The lowest BCUT2D eigenvalue weighted by atomic mass is 9.71. The fourth-order valence-electron chi connectivity index (χ4n) is 4.23. The fraction of sp³-hybridized carbons (Fsp3) is 0.375. The molecule has 2 aromatic rings. The van der Waals surface area contributed by atoms with Gasteiger partial charge in [-0.3, -0.25) is 14.6 Å². The average Bonchev–Trinajstić information content (AvgIpc) is 2.77. The van der Waals surface area contributed by atoms with Gasteiger partial charge in [0.1, 0.15) is 5.54 Å². The summed E-state index contributed by atoms with van der Waals surface area (Å²) in [5.74, 6) is -3.46. The highest BCUT2D eigenvalue weighted by molar-refractivity contribution is 7.90. The van der Waals surface area contributed by atoms with Gasteiger partial charge in [-0.1, -0.05) is 12.1 Å². The van der Waals surface area contributed by atoms with Crippen molar-refractivity contribution in [1.29, 1.82) is 0 Å². The normalized spacial score (nSPS) is 21.1. The molecule has 1 aliphatic rings. The molecular weight excluding hydrogens is 483 g/mol. The molecule has 35 heavy (non-hydrogen) atoms. The Kier molecular flexibility index (Phi) is 7.12. The zero-order valence-corrected chi connectivity index (χ0v) is 20.4. The Balaban J connectivity index is 1.97. The lowest BCUT2D eigenvalue weighted by Crippen LogP contribution is -2.64. The van der Waals surface area contributed by atoms with E-state index in [1.807, 2.05) is 0 Å². The Morgan fingerprint density at radius 1 is 1.14 bits per heavy atom. The number of hydrogen-bond acceptors (Lipinski definition) is 6. The van der Waals surface area contributed by atoms with Gasteiger partial charge in [0.25, 0.3) is 5.91 Å². The van der Waals surface area contributed by atoms with Crippen LogP contribution in [0.4, 0.5) is 13.2 Å². The molecule has 1 aromatic heterocycles. The summed E-state index contributed by atoms with van der Waals surface area (Å²) in [6.45, 7) is 4.02. The van der Waals surface area contributed by atoms with Gasteiger partial charge in [0.05, 0.1) is 16.4 Å². The zero-order chi connectivity index (χ0) is 26.2. The smallest absolute Gasteiger partial charge is 0.359 e. The van der Waals surface area contributed by atoms with E-state index >= 15 is 0 Å². The van der Waals surface area contributed by atoms with Crippen molar-refractivity contribution in [2.24, 2.45) is 0 Å². The Bertz CT molecular complexity index is 1240. The minimum absolute atomic E-state index is 0.0500. The topological polar surface area (TPSA) is 96.4 Å². The molecule has 2 unspecified atom stereocenters. The van der Waals surface area contributed by atoms with E-state index in [4.69, 9.17) is 0 Å². The molecular formula is C24H26F3N3O4S. The van der Waals surface area contributed by atoms with Crippen molar-refractivity contribution < 1.29 is 31.2 Å². The number of amides is 1. The van der Waals surface area contributed by atoms with Crippen molar-refractivity contribution in [3.8, 4) is 0 Å². The molecule has 3 rings (SSSR count). The van der Waals surface area contributed by atoms with E-state index in [0.29, 0.717) is 5.56 Å². The van der Waals surface area contributed by atoms with Crippen molar-refractivity contribution >= 4 is 21.5 Å². The molecule has 1 N–H and O–H groups in total. The molecule has 0 aliphatic carbocycles. The van der Waals surface area contributed by atoms with E-state index in [1.165, 1.54) is 48.8 Å². The van der Waals surface area contributed by atoms with Crippen LogP contribution in [0.25, 0.3) is 0 Å². The SMILES string of the molecule is CC(C)N1C=C(C(=O)NCc2ccc(S(C)(=O)=O)cc2)C(=O)C(c2ccncc2)C1(C)C(F)(F)F. The number of aromatic nitrogens is 1. The molecule has 0 spiro atoms. The molecule has 0 fully saturated rings. The predicted molar refractivity (Wildman–Crippen MR) is 123 cm³/mol. The van der Waals surface area contributed by atoms with E-state index in [1.54, 1.807) is 13.8 Å². The molecule has 0 bridgehead atoms. The number of carbonyl (C=O) groups is 2. The first-order valence-electron chi connectivity index (χ1n) is 10.8. The molecule has 2 atom stereocenters. The van der Waals surface area contributed by atoms with Crippen molar-refractivity contribution in [3.63, 3.8) is 0 Å². The lowest BCUT2D eigenvalue weighted by molar-refractivity contribution is -0.232. The second-order valence-electron chi connectivity index (χ2n) is 8.87. The van der Waals surface area contributed by atoms with Crippen LogP contribution >= 0.6 is 0 Å².